The number of anilines is 1. The van der Waals surface area contributed by atoms with E-state index in [2.05, 4.69) is 5.32 Å². The van der Waals surface area contributed by atoms with Crippen molar-refractivity contribution in [3.63, 3.8) is 0 Å². The van der Waals surface area contributed by atoms with Crippen LogP contribution in [0.25, 0.3) is 0 Å². The van der Waals surface area contributed by atoms with Crippen LogP contribution in [0.2, 0.25) is 0 Å². The first-order chi connectivity index (χ1) is 16.5. The number of hydrogen-bond acceptors (Lipinski definition) is 5. The molecule has 0 radical (unpaired) electrons. The number of nitrogens with one attached hydrogen (secondary N) is 1. The maximum absolute atomic E-state index is 13.5. The highest BCUT2D eigenvalue weighted by molar-refractivity contribution is 5.99. The van der Waals surface area contributed by atoms with Crippen molar-refractivity contribution >= 4 is 17.5 Å². The molecule has 0 bridgehead atoms. The van der Waals surface area contributed by atoms with Gasteiger partial charge in [-0.15, -0.1) is 0 Å². The number of aliphatic hydroxyl groups excluding tert-OH is 1. The first-order valence-corrected chi connectivity index (χ1v) is 11.2. The molecule has 3 aromatic carbocycles. The fourth-order valence-corrected chi connectivity index (χ4v) is 3.96. The monoisotopic (exact) mass is 460 g/mol. The zero-order valence-electron chi connectivity index (χ0n) is 19.1. The van der Waals surface area contributed by atoms with Gasteiger partial charge in [0.25, 0.3) is 0 Å². The minimum absolute atomic E-state index is 0.0511. The summed E-state index contributed by atoms with van der Waals surface area (Å²) < 4.78 is 10.8. The maximum atomic E-state index is 13.5. The fraction of sp³-hybridized carbons (Fsp3) is 0.259. The van der Waals surface area contributed by atoms with Crippen molar-refractivity contribution in [3.05, 3.63) is 89.5 Å². The lowest BCUT2D eigenvalue weighted by Crippen LogP contribution is -2.49. The van der Waals surface area contributed by atoms with Crippen LogP contribution in [0.3, 0.4) is 0 Å². The minimum Gasteiger partial charge on any atom is -0.454 e. The smallest absolute Gasteiger partial charge is 0.249 e. The number of likely N-dealkylation sites (N-methyl/N-ethyl adjacent to an activating group) is 1. The maximum Gasteiger partial charge on any atom is 0.249 e. The zero-order chi connectivity index (χ0) is 23.9. The van der Waals surface area contributed by atoms with E-state index < -0.39 is 6.04 Å². The predicted octanol–water partition coefficient (Wildman–Crippen LogP) is 2.88. The number of benzene rings is 3. The van der Waals surface area contributed by atoms with E-state index in [1.54, 1.807) is 25.2 Å². The summed E-state index contributed by atoms with van der Waals surface area (Å²) in [7, 11) is 1.68. The average Bonchev–Trinajstić information content (AvgIpc) is 3.32. The Morgan fingerprint density at radius 2 is 1.68 bits per heavy atom. The van der Waals surface area contributed by atoms with Crippen molar-refractivity contribution in [2.45, 2.75) is 25.3 Å². The molecule has 1 aliphatic rings. The Labute approximate surface area is 198 Å². The van der Waals surface area contributed by atoms with E-state index in [1.165, 1.54) is 4.90 Å². The number of amides is 2. The molecule has 176 valence electrons. The van der Waals surface area contributed by atoms with Crippen molar-refractivity contribution in [3.8, 4) is 11.5 Å². The second-order valence-electron chi connectivity index (χ2n) is 8.21. The largest absolute Gasteiger partial charge is 0.454 e. The Morgan fingerprint density at radius 3 is 2.47 bits per heavy atom. The Kier molecular flexibility index (Phi) is 7.44. The molecule has 7 heteroatoms. The van der Waals surface area contributed by atoms with E-state index in [1.807, 2.05) is 54.6 Å². The van der Waals surface area contributed by atoms with Crippen molar-refractivity contribution in [1.82, 2.24) is 5.32 Å². The predicted molar refractivity (Wildman–Crippen MR) is 129 cm³/mol. The lowest BCUT2D eigenvalue weighted by Gasteiger charge is -2.25. The summed E-state index contributed by atoms with van der Waals surface area (Å²) in [6, 6.07) is 21.7. The third-order valence-electron chi connectivity index (χ3n) is 5.75. The van der Waals surface area contributed by atoms with Gasteiger partial charge in [0.2, 0.25) is 18.6 Å². The molecule has 0 aliphatic carbocycles. The summed E-state index contributed by atoms with van der Waals surface area (Å²) in [4.78, 5) is 27.9. The van der Waals surface area contributed by atoms with E-state index in [-0.39, 0.29) is 31.6 Å². The molecule has 0 fully saturated rings. The van der Waals surface area contributed by atoms with Gasteiger partial charge in [0, 0.05) is 31.8 Å². The van der Waals surface area contributed by atoms with E-state index in [9.17, 15) is 14.7 Å². The van der Waals surface area contributed by atoms with Gasteiger partial charge >= 0.3 is 0 Å². The zero-order valence-corrected chi connectivity index (χ0v) is 19.1. The van der Waals surface area contributed by atoms with Gasteiger partial charge in [-0.1, -0.05) is 54.6 Å². The molecule has 3 aromatic rings. The van der Waals surface area contributed by atoms with Crippen LogP contribution in [-0.2, 0) is 28.9 Å². The number of hydrogen-bond donors (Lipinski definition) is 2. The van der Waals surface area contributed by atoms with Crippen LogP contribution in [0.1, 0.15) is 16.7 Å². The molecule has 7 nitrogen and oxygen atoms in total. The normalized spacial score (nSPS) is 12.8. The van der Waals surface area contributed by atoms with Crippen LogP contribution in [0.4, 0.5) is 5.69 Å². The van der Waals surface area contributed by atoms with E-state index in [4.69, 9.17) is 9.47 Å². The Bertz CT molecular complexity index is 1150. The number of carbonyl (C=O) groups excluding carboxylic acids is 2. The Morgan fingerprint density at radius 1 is 0.941 bits per heavy atom. The lowest BCUT2D eigenvalue weighted by atomic mass is 10.0. The van der Waals surface area contributed by atoms with Gasteiger partial charge in [-0.05, 0) is 35.2 Å². The molecule has 2 N–H and O–H groups in total. The standard InChI is InChI=1S/C27H28N2O5/c1-29(22-10-11-24-25(17-22)34-18-33-24)27(32)23(15-19-6-3-2-4-7-19)28-26(31)16-21-9-5-8-20(14-21)12-13-30/h2-11,14,17,23,30H,12-13,15-16,18H2,1H3,(H,28,31). The molecule has 34 heavy (non-hydrogen) atoms. The second-order valence-corrected chi connectivity index (χ2v) is 8.21. The molecule has 0 saturated carbocycles. The third-order valence-corrected chi connectivity index (χ3v) is 5.75. The molecule has 1 heterocycles. The summed E-state index contributed by atoms with van der Waals surface area (Å²) in [6.07, 6.45) is 1.04. The van der Waals surface area contributed by atoms with Crippen LogP contribution in [0.5, 0.6) is 11.5 Å². The quantitative estimate of drug-likeness (QED) is 0.513. The molecule has 0 saturated heterocycles. The number of ether oxygens (including phenoxy) is 2. The summed E-state index contributed by atoms with van der Waals surface area (Å²) in [5.74, 6) is 0.755. The summed E-state index contributed by atoms with van der Waals surface area (Å²) >= 11 is 0. The van der Waals surface area contributed by atoms with Crippen LogP contribution in [0, 0.1) is 0 Å². The number of nitrogens with zero attached hydrogens (tertiary/aromatic N) is 1. The van der Waals surface area contributed by atoms with Gasteiger partial charge in [0.05, 0.1) is 6.42 Å². The number of aliphatic hydroxyl groups is 1. The van der Waals surface area contributed by atoms with Crippen LogP contribution >= 0.6 is 0 Å². The molecule has 0 spiro atoms. The number of rotatable bonds is 9. The molecule has 4 rings (SSSR count). The lowest BCUT2D eigenvalue weighted by molar-refractivity contribution is -0.127. The highest BCUT2D eigenvalue weighted by Crippen LogP contribution is 2.35. The highest BCUT2D eigenvalue weighted by Gasteiger charge is 2.26. The Hall–Kier alpha value is -3.84. The molecule has 2 amide bonds. The summed E-state index contributed by atoms with van der Waals surface area (Å²) in [5.41, 5.74) is 3.40. The van der Waals surface area contributed by atoms with Crippen molar-refractivity contribution in [1.29, 1.82) is 0 Å². The van der Waals surface area contributed by atoms with Crippen molar-refractivity contribution in [2.24, 2.45) is 0 Å². The second kappa shape index (κ2) is 10.9. The van der Waals surface area contributed by atoms with Crippen LogP contribution in [-0.4, -0.2) is 43.4 Å². The minimum atomic E-state index is -0.744. The molecular weight excluding hydrogens is 432 g/mol. The molecule has 1 aliphatic heterocycles. The van der Waals surface area contributed by atoms with Gasteiger partial charge in [-0.2, -0.15) is 0 Å². The van der Waals surface area contributed by atoms with Gasteiger partial charge in [-0.3, -0.25) is 9.59 Å². The van der Waals surface area contributed by atoms with E-state index in [0.29, 0.717) is 30.0 Å². The highest BCUT2D eigenvalue weighted by atomic mass is 16.7. The fourth-order valence-electron chi connectivity index (χ4n) is 3.96. The van der Waals surface area contributed by atoms with Crippen molar-refractivity contribution < 1.29 is 24.2 Å². The molecule has 1 atom stereocenters. The topological polar surface area (TPSA) is 88.1 Å². The Balaban J connectivity index is 1.50. The molecule has 1 unspecified atom stereocenters. The number of fused-ring (bicyclic) bond motifs is 1. The van der Waals surface area contributed by atoms with Gasteiger partial charge < -0.3 is 24.8 Å². The van der Waals surface area contributed by atoms with Crippen molar-refractivity contribution in [2.75, 3.05) is 25.3 Å². The first kappa shape index (κ1) is 23.3. The molecule has 0 aromatic heterocycles. The van der Waals surface area contributed by atoms with Crippen LogP contribution < -0.4 is 19.7 Å². The van der Waals surface area contributed by atoms with E-state index >= 15 is 0 Å². The summed E-state index contributed by atoms with van der Waals surface area (Å²) in [5, 5.41) is 12.1. The molecular formula is C27H28N2O5. The SMILES string of the molecule is CN(C(=O)C(Cc1ccccc1)NC(=O)Cc1cccc(CCO)c1)c1ccc2c(c1)OCO2. The summed E-state index contributed by atoms with van der Waals surface area (Å²) in [6.45, 7) is 0.206. The third kappa shape index (κ3) is 5.74. The van der Waals surface area contributed by atoms with Gasteiger partial charge in [0.15, 0.2) is 11.5 Å². The van der Waals surface area contributed by atoms with Gasteiger partial charge in [-0.25, -0.2) is 0 Å². The average molecular weight is 461 g/mol. The van der Waals surface area contributed by atoms with Crippen LogP contribution in [0.15, 0.2) is 72.8 Å². The van der Waals surface area contributed by atoms with E-state index in [0.717, 1.165) is 16.7 Å². The van der Waals surface area contributed by atoms with Gasteiger partial charge in [0.1, 0.15) is 6.04 Å². The number of carbonyl (C=O) groups is 2. The first-order valence-electron chi connectivity index (χ1n) is 11.2.